The Hall–Kier alpha value is -1.78. The lowest BCUT2D eigenvalue weighted by Crippen LogP contribution is -2.59. The molecule has 5 aliphatic heterocycles. The molecule has 0 amide bonds. The Kier molecular flexibility index (Phi) is 2.50. The molecule has 6 heterocycles. The summed E-state index contributed by atoms with van der Waals surface area (Å²) < 4.78 is 11.8. The number of piperidine rings is 3. The van der Waals surface area contributed by atoms with E-state index in [4.69, 9.17) is 9.47 Å². The Balaban J connectivity index is 1.59. The van der Waals surface area contributed by atoms with E-state index >= 15 is 0 Å². The predicted octanol–water partition coefficient (Wildman–Crippen LogP) is 3.57. The number of allylic oxidation sites excluding steroid dienone is 1. The zero-order chi connectivity index (χ0) is 16.0. The molecule has 0 spiro atoms. The van der Waals surface area contributed by atoms with Crippen LogP contribution in [0, 0.1) is 11.8 Å². The maximum atomic E-state index is 6.39. The van der Waals surface area contributed by atoms with E-state index in [0.717, 1.165) is 18.9 Å². The molecule has 2 aromatic rings. The number of methoxy groups -OCH3 is 1. The van der Waals surface area contributed by atoms with Crippen LogP contribution in [0.5, 0.6) is 5.75 Å². The summed E-state index contributed by atoms with van der Waals surface area (Å²) in [6.45, 7) is 4.22. The zero-order valence-electron chi connectivity index (χ0n) is 14.1. The minimum absolute atomic E-state index is 0.226. The molecule has 4 heteroatoms. The van der Waals surface area contributed by atoms with Gasteiger partial charge in [0.25, 0.3) is 0 Å². The summed E-state index contributed by atoms with van der Waals surface area (Å²) in [7, 11) is 1.73. The van der Waals surface area contributed by atoms with Gasteiger partial charge in [-0.2, -0.15) is 0 Å². The monoisotopic (exact) mass is 322 g/mol. The van der Waals surface area contributed by atoms with E-state index in [2.05, 4.69) is 41.1 Å². The highest BCUT2D eigenvalue weighted by atomic mass is 16.5. The molecular formula is C20H22N2O2. The van der Waals surface area contributed by atoms with Crippen molar-refractivity contribution < 1.29 is 9.47 Å². The van der Waals surface area contributed by atoms with E-state index in [1.165, 1.54) is 28.6 Å². The van der Waals surface area contributed by atoms with E-state index in [-0.39, 0.29) is 6.10 Å². The lowest BCUT2D eigenvalue weighted by molar-refractivity contribution is -0.0332. The Morgan fingerprint density at radius 1 is 1.38 bits per heavy atom. The molecule has 4 bridgehead atoms. The number of rotatable bonds is 1. The SMILES string of the molecule is C/C=C1/CN2[C@@H]3[C@H]4CO[C@@H]3c3c([nH]c5cc(OC)ccc35)[C@@H]2C[C@@H]14. The largest absolute Gasteiger partial charge is 0.497 e. The Bertz CT molecular complexity index is 883. The van der Waals surface area contributed by atoms with E-state index in [1.807, 2.05) is 0 Å². The third kappa shape index (κ3) is 1.43. The molecule has 0 saturated carbocycles. The number of aromatic amines is 1. The molecule has 1 N–H and O–H groups in total. The number of fused-ring (bicyclic) bond motifs is 5. The van der Waals surface area contributed by atoms with Crippen molar-refractivity contribution in [2.24, 2.45) is 11.8 Å². The van der Waals surface area contributed by atoms with Crippen LogP contribution in [-0.4, -0.2) is 36.2 Å². The van der Waals surface area contributed by atoms with Crippen molar-refractivity contribution in [3.63, 3.8) is 0 Å². The van der Waals surface area contributed by atoms with Crippen molar-refractivity contribution >= 4 is 10.9 Å². The minimum atomic E-state index is 0.226. The number of aromatic nitrogens is 1. The number of hydrogen-bond donors (Lipinski definition) is 1. The molecular weight excluding hydrogens is 300 g/mol. The second-order valence-electron chi connectivity index (χ2n) is 7.67. The van der Waals surface area contributed by atoms with Crippen molar-refractivity contribution in [2.75, 3.05) is 20.3 Å². The lowest BCUT2D eigenvalue weighted by Gasteiger charge is -2.56. The Morgan fingerprint density at radius 2 is 2.29 bits per heavy atom. The predicted molar refractivity (Wildman–Crippen MR) is 92.1 cm³/mol. The normalized spacial score (nSPS) is 40.3. The average Bonchev–Trinajstić information content (AvgIpc) is 3.23. The van der Waals surface area contributed by atoms with Crippen LogP contribution in [0.2, 0.25) is 0 Å². The maximum absolute atomic E-state index is 6.39. The first kappa shape index (κ1) is 13.5. The summed E-state index contributed by atoms with van der Waals surface area (Å²) >= 11 is 0. The minimum Gasteiger partial charge on any atom is -0.497 e. The molecule has 1 unspecified atom stereocenters. The fraction of sp³-hybridized carbons (Fsp3) is 0.500. The van der Waals surface area contributed by atoms with Crippen LogP contribution >= 0.6 is 0 Å². The van der Waals surface area contributed by atoms with Crippen LogP contribution in [-0.2, 0) is 4.74 Å². The van der Waals surface area contributed by atoms with Crippen LogP contribution in [0.1, 0.15) is 36.7 Å². The number of hydrogen-bond acceptors (Lipinski definition) is 3. The van der Waals surface area contributed by atoms with Crippen LogP contribution in [0.4, 0.5) is 0 Å². The number of benzene rings is 1. The van der Waals surface area contributed by atoms with Crippen molar-refractivity contribution in [1.29, 1.82) is 0 Å². The summed E-state index contributed by atoms with van der Waals surface area (Å²) in [6.07, 6.45) is 3.80. The number of nitrogens with one attached hydrogen (secondary N) is 1. The topological polar surface area (TPSA) is 37.5 Å². The molecule has 5 aliphatic rings. The third-order valence-corrected chi connectivity index (χ3v) is 6.90. The van der Waals surface area contributed by atoms with Crippen molar-refractivity contribution in [1.82, 2.24) is 9.88 Å². The van der Waals surface area contributed by atoms with Gasteiger partial charge in [0.1, 0.15) is 11.9 Å². The summed E-state index contributed by atoms with van der Waals surface area (Å²) in [5.41, 5.74) is 5.61. The highest BCUT2D eigenvalue weighted by Crippen LogP contribution is 2.60. The molecule has 4 saturated heterocycles. The first-order chi connectivity index (χ1) is 11.8. The van der Waals surface area contributed by atoms with Gasteiger partial charge >= 0.3 is 0 Å². The van der Waals surface area contributed by atoms with E-state index in [0.29, 0.717) is 23.9 Å². The molecule has 124 valence electrons. The standard InChI is InChI=1S/C20H22N2O2/c1-3-10-8-22-16-7-13(10)14-9-24-20(19(14)22)17-12-5-4-11(23-2)6-15(12)21-18(16)17/h3-6,13-14,16,19-21H,7-9H2,1-2H3/b10-3-/t13-,14-,16-,19+,20+/m0/s1. The molecule has 4 nitrogen and oxygen atoms in total. The molecule has 1 aromatic heterocycles. The average molecular weight is 322 g/mol. The summed E-state index contributed by atoms with van der Waals surface area (Å²) in [6, 6.07) is 7.47. The second-order valence-corrected chi connectivity index (χ2v) is 7.67. The molecule has 6 atom stereocenters. The van der Waals surface area contributed by atoms with Gasteiger partial charge < -0.3 is 14.5 Å². The van der Waals surface area contributed by atoms with E-state index < -0.39 is 0 Å². The smallest absolute Gasteiger partial charge is 0.120 e. The van der Waals surface area contributed by atoms with Crippen LogP contribution < -0.4 is 4.74 Å². The second kappa shape index (κ2) is 4.44. The molecule has 0 aliphatic carbocycles. The van der Waals surface area contributed by atoms with Gasteiger partial charge in [-0.05, 0) is 31.4 Å². The molecule has 0 radical (unpaired) electrons. The van der Waals surface area contributed by atoms with Gasteiger partial charge in [-0.25, -0.2) is 0 Å². The molecule has 1 aromatic carbocycles. The van der Waals surface area contributed by atoms with Crippen molar-refractivity contribution in [2.45, 2.75) is 31.5 Å². The van der Waals surface area contributed by atoms with Gasteiger partial charge in [0.2, 0.25) is 0 Å². The lowest BCUT2D eigenvalue weighted by atomic mass is 9.64. The highest BCUT2D eigenvalue weighted by molar-refractivity contribution is 5.87. The van der Waals surface area contributed by atoms with E-state index in [1.54, 1.807) is 12.7 Å². The molecule has 4 fully saturated rings. The van der Waals surface area contributed by atoms with Gasteiger partial charge in [0, 0.05) is 46.7 Å². The molecule has 7 rings (SSSR count). The first-order valence-electron chi connectivity index (χ1n) is 9.02. The van der Waals surface area contributed by atoms with Crippen LogP contribution in [0.15, 0.2) is 29.8 Å². The van der Waals surface area contributed by atoms with Crippen LogP contribution in [0.25, 0.3) is 10.9 Å². The Morgan fingerprint density at radius 3 is 3.12 bits per heavy atom. The van der Waals surface area contributed by atoms with Crippen LogP contribution in [0.3, 0.4) is 0 Å². The third-order valence-electron chi connectivity index (χ3n) is 6.90. The number of H-pyrrole nitrogens is 1. The summed E-state index contributed by atoms with van der Waals surface area (Å²) in [5.74, 6) is 2.28. The van der Waals surface area contributed by atoms with Gasteiger partial charge in [-0.15, -0.1) is 0 Å². The number of nitrogens with zero attached hydrogens (tertiary/aromatic N) is 1. The van der Waals surface area contributed by atoms with Gasteiger partial charge in [-0.1, -0.05) is 11.6 Å². The first-order valence-corrected chi connectivity index (χ1v) is 9.02. The van der Waals surface area contributed by atoms with Gasteiger partial charge in [-0.3, -0.25) is 4.90 Å². The maximum Gasteiger partial charge on any atom is 0.120 e. The number of ether oxygens (including phenoxy) is 2. The Labute approximate surface area is 141 Å². The van der Waals surface area contributed by atoms with Crippen molar-refractivity contribution in [3.8, 4) is 5.75 Å². The molecule has 24 heavy (non-hydrogen) atoms. The summed E-state index contributed by atoms with van der Waals surface area (Å²) in [4.78, 5) is 6.44. The van der Waals surface area contributed by atoms with Gasteiger partial charge in [0.15, 0.2) is 0 Å². The fourth-order valence-electron chi connectivity index (χ4n) is 5.90. The quantitative estimate of drug-likeness (QED) is 0.816. The summed E-state index contributed by atoms with van der Waals surface area (Å²) in [5, 5.41) is 1.32. The van der Waals surface area contributed by atoms with Gasteiger partial charge in [0.05, 0.1) is 19.8 Å². The van der Waals surface area contributed by atoms with Crippen molar-refractivity contribution in [3.05, 3.63) is 41.1 Å². The fourth-order valence-corrected chi connectivity index (χ4v) is 5.90. The van der Waals surface area contributed by atoms with E-state index in [9.17, 15) is 0 Å². The zero-order valence-corrected chi connectivity index (χ0v) is 14.1. The highest BCUT2D eigenvalue weighted by Gasteiger charge is 2.59.